The second-order valence-corrected chi connectivity index (χ2v) is 4.43. The van der Waals surface area contributed by atoms with E-state index in [-0.39, 0.29) is 11.3 Å². The number of nitrogen functional groups attached to an aromatic ring is 1. The van der Waals surface area contributed by atoms with E-state index in [4.69, 9.17) is 5.73 Å². The summed E-state index contributed by atoms with van der Waals surface area (Å²) in [5.41, 5.74) is 7.07. The van der Waals surface area contributed by atoms with Crippen LogP contribution in [-0.4, -0.2) is 24.4 Å². The monoisotopic (exact) mass is 204 g/mol. The molecule has 1 heterocycles. The standard InChI is InChI=1S/C12H16N2O/c1-12(7-8-14(2)11(12)15)9-3-5-10(13)6-4-9/h3-6H,7-8,13H2,1-2H3/t12-/m1/s1. The Hall–Kier alpha value is -1.51. The number of benzene rings is 1. The molecule has 1 aromatic carbocycles. The molecule has 2 N–H and O–H groups in total. The molecule has 15 heavy (non-hydrogen) atoms. The number of amides is 1. The molecule has 1 aliphatic heterocycles. The molecule has 80 valence electrons. The SMILES string of the molecule is CN1CC[C@](C)(c2ccc(N)cc2)C1=O. The summed E-state index contributed by atoms with van der Waals surface area (Å²) < 4.78 is 0. The van der Waals surface area contributed by atoms with E-state index in [0.717, 1.165) is 24.2 Å². The highest BCUT2D eigenvalue weighted by atomic mass is 16.2. The van der Waals surface area contributed by atoms with Gasteiger partial charge >= 0.3 is 0 Å². The third kappa shape index (κ3) is 1.48. The fourth-order valence-corrected chi connectivity index (χ4v) is 2.14. The number of likely N-dealkylation sites (tertiary alicyclic amines) is 1. The summed E-state index contributed by atoms with van der Waals surface area (Å²) in [5, 5.41) is 0. The maximum atomic E-state index is 12.0. The minimum atomic E-state index is -0.359. The fourth-order valence-electron chi connectivity index (χ4n) is 2.14. The van der Waals surface area contributed by atoms with Crippen LogP contribution in [0.25, 0.3) is 0 Å². The predicted molar refractivity (Wildman–Crippen MR) is 60.5 cm³/mol. The maximum Gasteiger partial charge on any atom is 0.232 e. The van der Waals surface area contributed by atoms with Crippen molar-refractivity contribution in [2.45, 2.75) is 18.8 Å². The lowest BCUT2D eigenvalue weighted by Crippen LogP contribution is -2.33. The number of carbonyl (C=O) groups is 1. The van der Waals surface area contributed by atoms with Gasteiger partial charge in [-0.2, -0.15) is 0 Å². The molecular formula is C12H16N2O. The van der Waals surface area contributed by atoms with Crippen molar-refractivity contribution in [3.05, 3.63) is 29.8 Å². The van der Waals surface area contributed by atoms with Crippen molar-refractivity contribution in [3.8, 4) is 0 Å². The van der Waals surface area contributed by atoms with Gasteiger partial charge in [-0.05, 0) is 31.0 Å². The summed E-state index contributed by atoms with van der Waals surface area (Å²) in [6, 6.07) is 7.61. The number of nitrogens with zero attached hydrogens (tertiary/aromatic N) is 1. The number of nitrogens with two attached hydrogens (primary N) is 1. The molecule has 0 aromatic heterocycles. The first-order valence-electron chi connectivity index (χ1n) is 5.15. The molecule has 0 saturated carbocycles. The zero-order valence-corrected chi connectivity index (χ0v) is 9.16. The van der Waals surface area contributed by atoms with Crippen LogP contribution < -0.4 is 5.73 Å². The minimum absolute atomic E-state index is 0.201. The number of hydrogen-bond donors (Lipinski definition) is 1. The Labute approximate surface area is 89.9 Å². The zero-order chi connectivity index (χ0) is 11.1. The molecule has 1 atom stereocenters. The van der Waals surface area contributed by atoms with Crippen LogP contribution in [0.1, 0.15) is 18.9 Å². The molecule has 1 amide bonds. The van der Waals surface area contributed by atoms with E-state index in [1.807, 2.05) is 38.2 Å². The Bertz CT molecular complexity index is 385. The second kappa shape index (κ2) is 3.26. The van der Waals surface area contributed by atoms with Crippen molar-refractivity contribution in [1.82, 2.24) is 4.90 Å². The lowest BCUT2D eigenvalue weighted by atomic mass is 9.81. The van der Waals surface area contributed by atoms with Gasteiger partial charge in [0.05, 0.1) is 5.41 Å². The molecule has 0 unspecified atom stereocenters. The number of likely N-dealkylation sites (N-methyl/N-ethyl adjacent to an activating group) is 1. The number of anilines is 1. The molecule has 1 aromatic rings. The Balaban J connectivity index is 2.38. The molecule has 3 nitrogen and oxygen atoms in total. The highest BCUT2D eigenvalue weighted by molar-refractivity contribution is 5.89. The van der Waals surface area contributed by atoms with Crippen LogP contribution in [0.2, 0.25) is 0 Å². The van der Waals surface area contributed by atoms with E-state index in [1.165, 1.54) is 0 Å². The van der Waals surface area contributed by atoms with Gasteiger partial charge in [0.1, 0.15) is 0 Å². The molecule has 1 fully saturated rings. The molecule has 2 rings (SSSR count). The largest absolute Gasteiger partial charge is 0.399 e. The normalized spacial score (nSPS) is 26.0. The summed E-state index contributed by atoms with van der Waals surface area (Å²) in [5.74, 6) is 0.201. The summed E-state index contributed by atoms with van der Waals surface area (Å²) in [4.78, 5) is 13.8. The van der Waals surface area contributed by atoms with Crippen molar-refractivity contribution in [2.24, 2.45) is 0 Å². The summed E-state index contributed by atoms with van der Waals surface area (Å²) in [6.07, 6.45) is 0.881. The molecule has 0 aliphatic carbocycles. The number of carbonyl (C=O) groups excluding carboxylic acids is 1. The van der Waals surface area contributed by atoms with Crippen LogP contribution in [0.3, 0.4) is 0 Å². The van der Waals surface area contributed by atoms with Gasteiger partial charge in [0.15, 0.2) is 0 Å². The number of hydrogen-bond acceptors (Lipinski definition) is 2. The molecule has 3 heteroatoms. The average Bonchev–Trinajstić information content (AvgIpc) is 2.48. The van der Waals surface area contributed by atoms with Crippen molar-refractivity contribution in [2.75, 3.05) is 19.3 Å². The first-order valence-corrected chi connectivity index (χ1v) is 5.15. The average molecular weight is 204 g/mol. The lowest BCUT2D eigenvalue weighted by Gasteiger charge is -2.22. The van der Waals surface area contributed by atoms with Gasteiger partial charge < -0.3 is 10.6 Å². The second-order valence-electron chi connectivity index (χ2n) is 4.43. The first kappa shape index (κ1) is 10.0. The summed E-state index contributed by atoms with van der Waals surface area (Å²) in [6.45, 7) is 2.84. The highest BCUT2D eigenvalue weighted by Gasteiger charge is 2.42. The third-order valence-electron chi connectivity index (χ3n) is 3.31. The topological polar surface area (TPSA) is 46.3 Å². The summed E-state index contributed by atoms with van der Waals surface area (Å²) >= 11 is 0. The van der Waals surface area contributed by atoms with E-state index in [1.54, 1.807) is 4.90 Å². The van der Waals surface area contributed by atoms with Gasteiger partial charge in [-0.1, -0.05) is 12.1 Å². The Morgan fingerprint density at radius 2 is 1.93 bits per heavy atom. The molecule has 0 radical (unpaired) electrons. The lowest BCUT2D eigenvalue weighted by molar-refractivity contribution is -0.130. The smallest absolute Gasteiger partial charge is 0.232 e. The van der Waals surface area contributed by atoms with Crippen LogP contribution in [0, 0.1) is 0 Å². The Kier molecular flexibility index (Phi) is 2.18. The van der Waals surface area contributed by atoms with Crippen molar-refractivity contribution in [1.29, 1.82) is 0 Å². The van der Waals surface area contributed by atoms with Crippen LogP contribution in [0.4, 0.5) is 5.69 Å². The first-order chi connectivity index (χ1) is 7.04. The van der Waals surface area contributed by atoms with Crippen molar-refractivity contribution >= 4 is 11.6 Å². The predicted octanol–water partition coefficient (Wildman–Crippen LogP) is 1.39. The van der Waals surface area contributed by atoms with E-state index in [0.29, 0.717) is 0 Å². The van der Waals surface area contributed by atoms with Gasteiger partial charge in [0.25, 0.3) is 0 Å². The van der Waals surface area contributed by atoms with Gasteiger partial charge in [-0.25, -0.2) is 0 Å². The number of rotatable bonds is 1. The van der Waals surface area contributed by atoms with E-state index in [9.17, 15) is 4.79 Å². The molecule has 1 aliphatic rings. The minimum Gasteiger partial charge on any atom is -0.399 e. The van der Waals surface area contributed by atoms with Crippen LogP contribution >= 0.6 is 0 Å². The fraction of sp³-hybridized carbons (Fsp3) is 0.417. The molecule has 0 spiro atoms. The van der Waals surface area contributed by atoms with Crippen LogP contribution in [0.5, 0.6) is 0 Å². The highest BCUT2D eigenvalue weighted by Crippen LogP contribution is 2.34. The van der Waals surface area contributed by atoms with E-state index >= 15 is 0 Å². The van der Waals surface area contributed by atoms with Gasteiger partial charge in [0.2, 0.25) is 5.91 Å². The van der Waals surface area contributed by atoms with Crippen molar-refractivity contribution in [3.63, 3.8) is 0 Å². The van der Waals surface area contributed by atoms with Gasteiger partial charge in [-0.15, -0.1) is 0 Å². The molecule has 1 saturated heterocycles. The Morgan fingerprint density at radius 1 is 1.33 bits per heavy atom. The van der Waals surface area contributed by atoms with Crippen LogP contribution in [0.15, 0.2) is 24.3 Å². The quantitative estimate of drug-likeness (QED) is 0.703. The van der Waals surface area contributed by atoms with Crippen molar-refractivity contribution < 1.29 is 4.79 Å². The van der Waals surface area contributed by atoms with E-state index < -0.39 is 0 Å². The maximum absolute atomic E-state index is 12.0. The van der Waals surface area contributed by atoms with Gasteiger partial charge in [0, 0.05) is 19.3 Å². The van der Waals surface area contributed by atoms with Gasteiger partial charge in [-0.3, -0.25) is 4.79 Å². The molecule has 0 bridgehead atoms. The Morgan fingerprint density at radius 3 is 2.40 bits per heavy atom. The summed E-state index contributed by atoms with van der Waals surface area (Å²) in [7, 11) is 1.85. The van der Waals surface area contributed by atoms with E-state index in [2.05, 4.69) is 0 Å². The third-order valence-corrected chi connectivity index (χ3v) is 3.31. The van der Waals surface area contributed by atoms with Crippen LogP contribution in [-0.2, 0) is 10.2 Å². The molecular weight excluding hydrogens is 188 g/mol. The zero-order valence-electron chi connectivity index (χ0n) is 9.16.